The molecule has 1 saturated heterocycles. The second-order valence-electron chi connectivity index (χ2n) is 6.74. The van der Waals surface area contributed by atoms with Gasteiger partial charge in [0.15, 0.2) is 5.76 Å². The van der Waals surface area contributed by atoms with Crippen LogP contribution in [0.5, 0.6) is 0 Å². The van der Waals surface area contributed by atoms with E-state index in [1.165, 1.54) is 6.26 Å². The molecule has 1 aromatic rings. The summed E-state index contributed by atoms with van der Waals surface area (Å²) in [6.07, 6.45) is 2.85. The van der Waals surface area contributed by atoms with E-state index in [0.717, 1.165) is 13.0 Å². The molecule has 2 heterocycles. The molecule has 5 heteroatoms. The first kappa shape index (κ1) is 15.6. The number of rotatable bonds is 2. The summed E-state index contributed by atoms with van der Waals surface area (Å²) in [5.41, 5.74) is -0.00688. The molecule has 0 bridgehead atoms. The Balaban J connectivity index is 1.93. The lowest BCUT2D eigenvalue weighted by atomic mass is 9.91. The molecule has 2 amide bonds. The largest absolute Gasteiger partial charge is 0.459 e. The van der Waals surface area contributed by atoms with Crippen LogP contribution in [0, 0.1) is 5.41 Å². The number of amides is 2. The smallest absolute Gasteiger partial charge is 0.289 e. The van der Waals surface area contributed by atoms with Crippen LogP contribution in [0.3, 0.4) is 0 Å². The predicted molar refractivity (Wildman–Crippen MR) is 79.9 cm³/mol. The lowest BCUT2D eigenvalue weighted by Gasteiger charge is -2.25. The van der Waals surface area contributed by atoms with E-state index < -0.39 is 0 Å². The van der Waals surface area contributed by atoms with Gasteiger partial charge in [-0.05, 0) is 24.0 Å². The monoisotopic (exact) mass is 292 g/mol. The van der Waals surface area contributed by atoms with E-state index in [-0.39, 0.29) is 17.2 Å². The Bertz CT molecular complexity index is 488. The number of nitrogens with zero attached hydrogens (tertiary/aromatic N) is 2. The first-order chi connectivity index (χ1) is 9.87. The van der Waals surface area contributed by atoms with Gasteiger partial charge in [0.05, 0.1) is 6.26 Å². The normalized spacial score (nSPS) is 16.7. The molecule has 0 N–H and O–H groups in total. The molecule has 1 aliphatic rings. The fourth-order valence-corrected chi connectivity index (χ4v) is 2.49. The summed E-state index contributed by atoms with van der Waals surface area (Å²) in [4.78, 5) is 28.2. The molecule has 21 heavy (non-hydrogen) atoms. The third kappa shape index (κ3) is 4.34. The van der Waals surface area contributed by atoms with E-state index in [1.807, 2.05) is 4.90 Å². The van der Waals surface area contributed by atoms with Gasteiger partial charge in [0, 0.05) is 32.6 Å². The van der Waals surface area contributed by atoms with Crippen LogP contribution in [-0.2, 0) is 4.79 Å². The molecule has 1 aliphatic heterocycles. The number of hydrogen-bond donors (Lipinski definition) is 0. The molecule has 0 spiro atoms. The molecule has 1 aromatic heterocycles. The summed E-state index contributed by atoms with van der Waals surface area (Å²) in [7, 11) is 0. The van der Waals surface area contributed by atoms with Gasteiger partial charge in [0.2, 0.25) is 5.91 Å². The number of carbonyl (C=O) groups excluding carboxylic acids is 2. The molecule has 0 aromatic carbocycles. The zero-order chi connectivity index (χ0) is 15.5. The second-order valence-corrected chi connectivity index (χ2v) is 6.74. The van der Waals surface area contributed by atoms with Gasteiger partial charge < -0.3 is 14.2 Å². The summed E-state index contributed by atoms with van der Waals surface area (Å²) in [6.45, 7) is 8.74. The molecule has 0 saturated carbocycles. The number of carbonyl (C=O) groups is 2. The standard InChI is InChI=1S/C16H24N2O3/c1-16(2,3)12-14(19)17-7-5-8-18(10-9-17)15(20)13-6-4-11-21-13/h4,6,11H,5,7-10,12H2,1-3H3. The van der Waals surface area contributed by atoms with Crippen molar-refractivity contribution in [2.45, 2.75) is 33.6 Å². The highest BCUT2D eigenvalue weighted by Crippen LogP contribution is 2.20. The summed E-state index contributed by atoms with van der Waals surface area (Å²) in [5, 5.41) is 0. The second kappa shape index (κ2) is 6.33. The van der Waals surface area contributed by atoms with Crippen molar-refractivity contribution in [2.24, 2.45) is 5.41 Å². The maximum absolute atomic E-state index is 12.3. The van der Waals surface area contributed by atoms with Crippen molar-refractivity contribution in [3.63, 3.8) is 0 Å². The van der Waals surface area contributed by atoms with Crippen LogP contribution in [0.4, 0.5) is 0 Å². The maximum Gasteiger partial charge on any atom is 0.289 e. The van der Waals surface area contributed by atoms with Crippen molar-refractivity contribution in [1.29, 1.82) is 0 Å². The summed E-state index contributed by atoms with van der Waals surface area (Å²) in [5.74, 6) is 0.449. The Morgan fingerprint density at radius 3 is 2.43 bits per heavy atom. The van der Waals surface area contributed by atoms with Crippen LogP contribution < -0.4 is 0 Å². The molecule has 0 atom stereocenters. The molecular weight excluding hydrogens is 268 g/mol. The van der Waals surface area contributed by atoms with Crippen LogP contribution in [0.1, 0.15) is 44.2 Å². The van der Waals surface area contributed by atoms with Gasteiger partial charge in [-0.1, -0.05) is 20.8 Å². The molecule has 0 radical (unpaired) electrons. The van der Waals surface area contributed by atoms with Crippen molar-refractivity contribution < 1.29 is 14.0 Å². The van der Waals surface area contributed by atoms with Gasteiger partial charge in [0.1, 0.15) is 0 Å². The van der Waals surface area contributed by atoms with Gasteiger partial charge in [-0.15, -0.1) is 0 Å². The van der Waals surface area contributed by atoms with Gasteiger partial charge in [-0.25, -0.2) is 0 Å². The zero-order valence-electron chi connectivity index (χ0n) is 13.1. The van der Waals surface area contributed by atoms with E-state index in [2.05, 4.69) is 20.8 Å². The van der Waals surface area contributed by atoms with Crippen molar-refractivity contribution in [3.8, 4) is 0 Å². The van der Waals surface area contributed by atoms with E-state index in [9.17, 15) is 9.59 Å². The summed E-state index contributed by atoms with van der Waals surface area (Å²) in [6, 6.07) is 3.39. The minimum atomic E-state index is -0.0925. The van der Waals surface area contributed by atoms with Gasteiger partial charge in [-0.2, -0.15) is 0 Å². The summed E-state index contributed by atoms with van der Waals surface area (Å²) < 4.78 is 5.16. The highest BCUT2D eigenvalue weighted by Gasteiger charge is 2.26. The van der Waals surface area contributed by atoms with Crippen molar-refractivity contribution >= 4 is 11.8 Å². The fourth-order valence-electron chi connectivity index (χ4n) is 2.49. The molecule has 0 unspecified atom stereocenters. The van der Waals surface area contributed by atoms with E-state index in [4.69, 9.17) is 4.42 Å². The molecule has 5 nitrogen and oxygen atoms in total. The van der Waals surface area contributed by atoms with Crippen LogP contribution >= 0.6 is 0 Å². The molecule has 2 rings (SSSR count). The van der Waals surface area contributed by atoms with Crippen molar-refractivity contribution in [1.82, 2.24) is 9.80 Å². The maximum atomic E-state index is 12.3. The first-order valence-electron chi connectivity index (χ1n) is 7.47. The summed E-state index contributed by atoms with van der Waals surface area (Å²) >= 11 is 0. The minimum Gasteiger partial charge on any atom is -0.459 e. The van der Waals surface area contributed by atoms with Gasteiger partial charge in [0.25, 0.3) is 5.91 Å². The Hall–Kier alpha value is -1.78. The van der Waals surface area contributed by atoms with Gasteiger partial charge in [-0.3, -0.25) is 9.59 Å². The molecule has 116 valence electrons. The van der Waals surface area contributed by atoms with Crippen LogP contribution in [0.25, 0.3) is 0 Å². The third-order valence-corrected chi connectivity index (χ3v) is 3.55. The molecule has 1 fully saturated rings. The van der Waals surface area contributed by atoms with Crippen molar-refractivity contribution in [3.05, 3.63) is 24.2 Å². The first-order valence-corrected chi connectivity index (χ1v) is 7.47. The van der Waals surface area contributed by atoms with E-state index in [0.29, 0.717) is 31.8 Å². The SMILES string of the molecule is CC(C)(C)CC(=O)N1CCCN(C(=O)c2ccco2)CC1. The number of furan rings is 1. The lowest BCUT2D eigenvalue weighted by molar-refractivity contribution is -0.132. The highest BCUT2D eigenvalue weighted by molar-refractivity contribution is 5.91. The van der Waals surface area contributed by atoms with Crippen LogP contribution in [0.15, 0.2) is 22.8 Å². The van der Waals surface area contributed by atoms with Crippen molar-refractivity contribution in [2.75, 3.05) is 26.2 Å². The number of hydrogen-bond acceptors (Lipinski definition) is 3. The Kier molecular flexibility index (Phi) is 4.70. The third-order valence-electron chi connectivity index (χ3n) is 3.55. The van der Waals surface area contributed by atoms with Crippen LogP contribution in [0.2, 0.25) is 0 Å². The average molecular weight is 292 g/mol. The zero-order valence-corrected chi connectivity index (χ0v) is 13.1. The minimum absolute atomic E-state index is 0.00688. The van der Waals surface area contributed by atoms with E-state index >= 15 is 0 Å². The quantitative estimate of drug-likeness (QED) is 0.841. The Labute approximate surface area is 125 Å². The topological polar surface area (TPSA) is 53.8 Å². The van der Waals surface area contributed by atoms with Crippen LogP contribution in [-0.4, -0.2) is 47.8 Å². The molecule has 0 aliphatic carbocycles. The van der Waals surface area contributed by atoms with Gasteiger partial charge >= 0.3 is 0 Å². The lowest BCUT2D eigenvalue weighted by Crippen LogP contribution is -2.38. The highest BCUT2D eigenvalue weighted by atomic mass is 16.3. The van der Waals surface area contributed by atoms with E-state index in [1.54, 1.807) is 17.0 Å². The molecular formula is C16H24N2O3. The Morgan fingerprint density at radius 2 is 1.81 bits per heavy atom. The average Bonchev–Trinajstić information content (AvgIpc) is 2.80. The Morgan fingerprint density at radius 1 is 1.14 bits per heavy atom. The predicted octanol–water partition coefficient (Wildman–Crippen LogP) is 2.39. The fraction of sp³-hybridized carbons (Fsp3) is 0.625.